The first-order valence-electron chi connectivity index (χ1n) is 11.0. The molecule has 1 N–H and O–H groups in total. The molecule has 31 heavy (non-hydrogen) atoms. The fraction of sp³-hybridized carbons (Fsp3) is 0.565. The van der Waals surface area contributed by atoms with Gasteiger partial charge in [-0.05, 0) is 61.3 Å². The number of benzene rings is 1. The average molecular weight is 464 g/mol. The van der Waals surface area contributed by atoms with Crippen LogP contribution < -0.4 is 5.32 Å². The second kappa shape index (κ2) is 9.79. The number of nitrogens with one attached hydrogen (secondary N) is 1. The third-order valence-corrected chi connectivity index (χ3v) is 8.18. The Hall–Kier alpha value is -1.77. The first-order chi connectivity index (χ1) is 14.6. The van der Waals surface area contributed by atoms with Crippen molar-refractivity contribution in [3.8, 4) is 0 Å². The summed E-state index contributed by atoms with van der Waals surface area (Å²) in [5, 5.41) is 3.48. The van der Waals surface area contributed by atoms with E-state index in [0.717, 1.165) is 25.0 Å². The van der Waals surface area contributed by atoms with E-state index in [1.54, 1.807) is 16.4 Å². The lowest BCUT2D eigenvalue weighted by Gasteiger charge is -2.25. The van der Waals surface area contributed by atoms with Crippen LogP contribution in [-0.4, -0.2) is 36.7 Å². The van der Waals surface area contributed by atoms with Gasteiger partial charge in [0.05, 0.1) is 10.6 Å². The van der Waals surface area contributed by atoms with E-state index >= 15 is 0 Å². The molecule has 0 radical (unpaired) electrons. The van der Waals surface area contributed by atoms with Crippen molar-refractivity contribution in [2.45, 2.75) is 58.8 Å². The Bertz CT molecular complexity index is 1000. The Labute approximate surface area is 190 Å². The van der Waals surface area contributed by atoms with Crippen LogP contribution in [0, 0.1) is 17.8 Å². The van der Waals surface area contributed by atoms with Crippen molar-refractivity contribution in [2.24, 2.45) is 17.8 Å². The lowest BCUT2D eigenvalue weighted by atomic mass is 9.93. The summed E-state index contributed by atoms with van der Waals surface area (Å²) in [5.41, 5.74) is 1.51. The summed E-state index contributed by atoms with van der Waals surface area (Å²) in [6.45, 7) is 11.2. The molecule has 8 heteroatoms. The van der Waals surface area contributed by atoms with Gasteiger partial charge in [0.25, 0.3) is 5.91 Å². The number of amides is 1. The molecule has 0 aliphatic heterocycles. The molecule has 1 amide bonds. The molecule has 1 aliphatic rings. The molecule has 1 unspecified atom stereocenters. The molecule has 0 spiro atoms. The summed E-state index contributed by atoms with van der Waals surface area (Å²) in [7, 11) is -3.61. The van der Waals surface area contributed by atoms with Crippen LogP contribution in [0.3, 0.4) is 0 Å². The number of fused-ring (bicyclic) bond motifs is 1. The van der Waals surface area contributed by atoms with Crippen molar-refractivity contribution in [3.63, 3.8) is 0 Å². The summed E-state index contributed by atoms with van der Waals surface area (Å²) in [6, 6.07) is 6.18. The largest absolute Gasteiger partial charge is 0.298 e. The fourth-order valence-electron chi connectivity index (χ4n) is 3.78. The smallest absolute Gasteiger partial charge is 0.257 e. The second-order valence-electron chi connectivity index (χ2n) is 9.33. The Morgan fingerprint density at radius 3 is 2.35 bits per heavy atom. The zero-order valence-corrected chi connectivity index (χ0v) is 20.6. The maximum absolute atomic E-state index is 13.1. The molecule has 0 bridgehead atoms. The molecular formula is C23H33N3O3S2. The third-order valence-electron chi connectivity index (χ3n) is 5.30. The van der Waals surface area contributed by atoms with Crippen LogP contribution in [0.4, 0.5) is 5.13 Å². The number of anilines is 1. The number of aryl methyl sites for hydroxylation is 1. The van der Waals surface area contributed by atoms with E-state index in [1.807, 2.05) is 27.7 Å². The number of aromatic nitrogens is 1. The normalized spacial score (nSPS) is 16.7. The molecule has 6 nitrogen and oxygen atoms in total. The molecule has 1 aliphatic carbocycles. The summed E-state index contributed by atoms with van der Waals surface area (Å²) < 4.78 is 27.8. The van der Waals surface area contributed by atoms with E-state index in [-0.39, 0.29) is 22.6 Å². The van der Waals surface area contributed by atoms with Gasteiger partial charge in [-0.3, -0.25) is 10.1 Å². The van der Waals surface area contributed by atoms with Crippen LogP contribution in [-0.2, 0) is 22.9 Å². The van der Waals surface area contributed by atoms with Crippen molar-refractivity contribution in [3.05, 3.63) is 40.4 Å². The molecular weight excluding hydrogens is 430 g/mol. The molecule has 170 valence electrons. The Kier molecular flexibility index (Phi) is 7.55. The Morgan fingerprint density at radius 1 is 1.16 bits per heavy atom. The number of carbonyl (C=O) groups excluding carboxylic acids is 1. The summed E-state index contributed by atoms with van der Waals surface area (Å²) in [6.07, 6.45) is 3.10. The molecule has 1 atom stereocenters. The van der Waals surface area contributed by atoms with E-state index in [4.69, 9.17) is 0 Å². The predicted molar refractivity (Wildman–Crippen MR) is 126 cm³/mol. The van der Waals surface area contributed by atoms with Crippen LogP contribution in [0.15, 0.2) is 29.2 Å². The number of rotatable bonds is 8. The quantitative estimate of drug-likeness (QED) is 0.608. The summed E-state index contributed by atoms with van der Waals surface area (Å²) >= 11 is 1.54. The van der Waals surface area contributed by atoms with Crippen molar-refractivity contribution in [2.75, 3.05) is 18.4 Å². The molecule has 0 saturated heterocycles. The first-order valence-corrected chi connectivity index (χ1v) is 13.2. The van der Waals surface area contributed by atoms with Gasteiger partial charge in [0.2, 0.25) is 10.0 Å². The van der Waals surface area contributed by atoms with E-state index in [1.165, 1.54) is 28.3 Å². The standard InChI is InChI=1S/C23H33N3O3S2/c1-15(2)13-26(14-16(3)4)31(28,29)19-9-7-18(8-10-19)22(27)25-23-24-20-11-6-17(5)12-21(20)30-23/h7-10,15-17H,6,11-14H2,1-5H3,(H,24,25,27). The Balaban J connectivity index is 1.73. The zero-order valence-electron chi connectivity index (χ0n) is 19.0. The maximum Gasteiger partial charge on any atom is 0.257 e. The second-order valence-corrected chi connectivity index (χ2v) is 12.3. The van der Waals surface area contributed by atoms with Gasteiger partial charge >= 0.3 is 0 Å². The number of sulfonamides is 1. The minimum atomic E-state index is -3.61. The first kappa shape index (κ1) is 23.9. The van der Waals surface area contributed by atoms with Crippen LogP contribution in [0.5, 0.6) is 0 Å². The zero-order chi connectivity index (χ0) is 22.8. The lowest BCUT2D eigenvalue weighted by Crippen LogP contribution is -2.37. The molecule has 0 fully saturated rings. The fourth-order valence-corrected chi connectivity index (χ4v) is 6.71. The van der Waals surface area contributed by atoms with Gasteiger partial charge in [0.15, 0.2) is 5.13 Å². The minimum Gasteiger partial charge on any atom is -0.298 e. The molecule has 1 heterocycles. The highest BCUT2D eigenvalue weighted by molar-refractivity contribution is 7.89. The third kappa shape index (κ3) is 5.93. The number of carbonyl (C=O) groups is 1. The van der Waals surface area contributed by atoms with Crippen molar-refractivity contribution < 1.29 is 13.2 Å². The lowest BCUT2D eigenvalue weighted by molar-refractivity contribution is 0.102. The van der Waals surface area contributed by atoms with E-state index in [9.17, 15) is 13.2 Å². The van der Waals surface area contributed by atoms with E-state index < -0.39 is 10.0 Å². The van der Waals surface area contributed by atoms with Crippen LogP contribution >= 0.6 is 11.3 Å². The maximum atomic E-state index is 13.1. The number of hydrogen-bond acceptors (Lipinski definition) is 5. The molecule has 2 aromatic rings. The number of nitrogens with zero attached hydrogens (tertiary/aromatic N) is 2. The van der Waals surface area contributed by atoms with Gasteiger partial charge in [-0.1, -0.05) is 34.6 Å². The molecule has 0 saturated carbocycles. The molecule has 1 aromatic carbocycles. The van der Waals surface area contributed by atoms with Gasteiger partial charge < -0.3 is 0 Å². The summed E-state index contributed by atoms with van der Waals surface area (Å²) in [5.74, 6) is 0.831. The van der Waals surface area contributed by atoms with Crippen LogP contribution in [0.2, 0.25) is 0 Å². The van der Waals surface area contributed by atoms with E-state index in [0.29, 0.717) is 29.7 Å². The highest BCUT2D eigenvalue weighted by Crippen LogP contribution is 2.32. The van der Waals surface area contributed by atoms with E-state index in [2.05, 4.69) is 17.2 Å². The van der Waals surface area contributed by atoms with Gasteiger partial charge in [-0.25, -0.2) is 13.4 Å². The highest BCUT2D eigenvalue weighted by atomic mass is 32.2. The van der Waals surface area contributed by atoms with Gasteiger partial charge in [0.1, 0.15) is 0 Å². The number of hydrogen-bond donors (Lipinski definition) is 1. The van der Waals surface area contributed by atoms with Crippen LogP contribution in [0.1, 0.15) is 62.0 Å². The Morgan fingerprint density at radius 2 is 1.77 bits per heavy atom. The van der Waals surface area contributed by atoms with Crippen molar-refractivity contribution in [1.29, 1.82) is 0 Å². The average Bonchev–Trinajstić information content (AvgIpc) is 3.08. The van der Waals surface area contributed by atoms with Crippen molar-refractivity contribution >= 4 is 32.4 Å². The van der Waals surface area contributed by atoms with Gasteiger partial charge in [-0.2, -0.15) is 4.31 Å². The number of thiazole rings is 1. The SMILES string of the molecule is CC(C)CN(CC(C)C)S(=O)(=O)c1ccc(C(=O)Nc2nc3c(s2)CC(C)CC3)cc1. The highest BCUT2D eigenvalue weighted by Gasteiger charge is 2.26. The molecule has 1 aromatic heterocycles. The monoisotopic (exact) mass is 463 g/mol. The van der Waals surface area contributed by atoms with Crippen molar-refractivity contribution in [1.82, 2.24) is 9.29 Å². The van der Waals surface area contributed by atoms with Gasteiger partial charge in [-0.15, -0.1) is 11.3 Å². The molecule has 3 rings (SSSR count). The summed E-state index contributed by atoms with van der Waals surface area (Å²) in [4.78, 5) is 18.7. The predicted octanol–water partition coefficient (Wildman–Crippen LogP) is 4.82. The topological polar surface area (TPSA) is 79.4 Å². The van der Waals surface area contributed by atoms with Crippen LogP contribution in [0.25, 0.3) is 0 Å². The minimum absolute atomic E-state index is 0.212. The van der Waals surface area contributed by atoms with Gasteiger partial charge in [0, 0.05) is 23.5 Å².